The van der Waals surface area contributed by atoms with Crippen LogP contribution in [0.1, 0.15) is 42.2 Å². The first-order valence-corrected chi connectivity index (χ1v) is 12.9. The molecule has 1 saturated heterocycles. The van der Waals surface area contributed by atoms with E-state index in [0.717, 1.165) is 35.8 Å². The van der Waals surface area contributed by atoms with Crippen LogP contribution in [0.3, 0.4) is 0 Å². The van der Waals surface area contributed by atoms with Crippen molar-refractivity contribution in [1.29, 1.82) is 0 Å². The van der Waals surface area contributed by atoms with Crippen molar-refractivity contribution in [2.45, 2.75) is 38.5 Å². The molecule has 5 rings (SSSR count). The number of aryl methyl sites for hydroxylation is 1. The van der Waals surface area contributed by atoms with E-state index in [2.05, 4.69) is 20.1 Å². The minimum Gasteiger partial charge on any atom is -0.481 e. The van der Waals surface area contributed by atoms with Crippen molar-refractivity contribution in [3.05, 3.63) is 71.5 Å². The minimum absolute atomic E-state index is 0. The average Bonchev–Trinajstić information content (AvgIpc) is 3.56. The standard InChI is InChI=1S/C28H28F3N5O4.ClH/c1-17-4-2-6-21(12-17)36-25(28(29,30)31)22(14-32-36)27-33-26(34-40-27)20-9-7-19(8-10-20)23(37)16-35-11-3-5-18(15-35)13-24(38)39;/h2,4,6-10,12,14,18,23,37H,3,5,11,13,15-16H2,1H3,(H,38,39);1H/t18-,23-;/m1./s1. The second kappa shape index (κ2) is 12.4. The fourth-order valence-electron chi connectivity index (χ4n) is 5.12. The highest BCUT2D eigenvalue weighted by Gasteiger charge is 2.40. The number of carbonyl (C=O) groups is 1. The van der Waals surface area contributed by atoms with E-state index in [4.69, 9.17) is 9.63 Å². The Hall–Kier alpha value is -3.74. The van der Waals surface area contributed by atoms with Crippen LogP contribution in [-0.4, -0.2) is 60.6 Å². The van der Waals surface area contributed by atoms with Crippen LogP contribution in [0.25, 0.3) is 28.5 Å². The summed E-state index contributed by atoms with van der Waals surface area (Å²) in [7, 11) is 0. The summed E-state index contributed by atoms with van der Waals surface area (Å²) in [6.07, 6.45) is -2.61. The van der Waals surface area contributed by atoms with Gasteiger partial charge in [0.05, 0.1) is 23.6 Å². The van der Waals surface area contributed by atoms with E-state index in [0.29, 0.717) is 24.2 Å². The molecule has 2 aromatic carbocycles. The van der Waals surface area contributed by atoms with Crippen LogP contribution >= 0.6 is 12.4 Å². The number of nitrogens with zero attached hydrogens (tertiary/aromatic N) is 5. The normalized spacial score (nSPS) is 16.8. The number of aliphatic carboxylic acids is 1. The van der Waals surface area contributed by atoms with Crippen LogP contribution in [0.15, 0.2) is 59.3 Å². The van der Waals surface area contributed by atoms with Gasteiger partial charge in [0.15, 0.2) is 5.69 Å². The number of aliphatic hydroxyl groups is 1. The van der Waals surface area contributed by atoms with Gasteiger partial charge < -0.3 is 19.6 Å². The second-order valence-electron chi connectivity index (χ2n) is 10.1. The van der Waals surface area contributed by atoms with Crippen molar-refractivity contribution in [2.75, 3.05) is 19.6 Å². The lowest BCUT2D eigenvalue weighted by Gasteiger charge is -2.33. The number of aromatic nitrogens is 4. The monoisotopic (exact) mass is 591 g/mol. The number of β-amino-alcohol motifs (C(OH)–C–C–N with tert-alkyl or cyclic N) is 1. The van der Waals surface area contributed by atoms with Gasteiger partial charge in [-0.05, 0) is 55.5 Å². The van der Waals surface area contributed by atoms with E-state index in [1.807, 2.05) is 0 Å². The maximum atomic E-state index is 14.1. The van der Waals surface area contributed by atoms with Crippen molar-refractivity contribution in [3.8, 4) is 28.5 Å². The molecular formula is C28H29ClF3N5O4. The molecule has 2 aromatic heterocycles. The summed E-state index contributed by atoms with van der Waals surface area (Å²) in [4.78, 5) is 17.3. The van der Waals surface area contributed by atoms with Gasteiger partial charge in [0.2, 0.25) is 5.82 Å². The number of piperidine rings is 1. The molecule has 0 amide bonds. The van der Waals surface area contributed by atoms with Crippen molar-refractivity contribution in [1.82, 2.24) is 24.8 Å². The molecule has 9 nitrogen and oxygen atoms in total. The number of hydrogen-bond donors (Lipinski definition) is 2. The van der Waals surface area contributed by atoms with Crippen LogP contribution in [0.2, 0.25) is 0 Å². The molecule has 0 radical (unpaired) electrons. The molecule has 0 saturated carbocycles. The smallest absolute Gasteiger partial charge is 0.434 e. The Labute approximate surface area is 240 Å². The Morgan fingerprint density at radius 1 is 1.20 bits per heavy atom. The van der Waals surface area contributed by atoms with Gasteiger partial charge in [0.1, 0.15) is 0 Å². The van der Waals surface area contributed by atoms with Gasteiger partial charge in [-0.1, -0.05) is 41.6 Å². The Kier molecular flexibility index (Phi) is 9.15. The van der Waals surface area contributed by atoms with Crippen LogP contribution < -0.4 is 0 Å². The third-order valence-corrected chi connectivity index (χ3v) is 6.99. The van der Waals surface area contributed by atoms with Crippen LogP contribution in [0.4, 0.5) is 13.2 Å². The van der Waals surface area contributed by atoms with Gasteiger partial charge in [-0.15, -0.1) is 12.4 Å². The summed E-state index contributed by atoms with van der Waals surface area (Å²) in [5, 5.41) is 27.6. The van der Waals surface area contributed by atoms with E-state index in [1.165, 1.54) is 6.07 Å². The van der Waals surface area contributed by atoms with Crippen molar-refractivity contribution >= 4 is 18.4 Å². The molecule has 13 heteroatoms. The van der Waals surface area contributed by atoms with Gasteiger partial charge in [0.25, 0.3) is 5.89 Å². The van der Waals surface area contributed by atoms with E-state index >= 15 is 0 Å². The number of aliphatic hydroxyl groups excluding tert-OH is 1. The maximum Gasteiger partial charge on any atom is 0.434 e. The highest BCUT2D eigenvalue weighted by Crippen LogP contribution is 2.38. The maximum absolute atomic E-state index is 14.1. The van der Waals surface area contributed by atoms with Crippen molar-refractivity contribution in [3.63, 3.8) is 0 Å². The summed E-state index contributed by atoms with van der Waals surface area (Å²) < 4.78 is 48.3. The molecule has 4 aromatic rings. The summed E-state index contributed by atoms with van der Waals surface area (Å²) in [5.41, 5.74) is 0.846. The lowest BCUT2D eigenvalue weighted by molar-refractivity contribution is -0.142. The predicted octanol–water partition coefficient (Wildman–Crippen LogP) is 5.56. The Balaban J connectivity index is 0.00000387. The first-order valence-electron chi connectivity index (χ1n) is 12.9. The van der Waals surface area contributed by atoms with Gasteiger partial charge in [-0.3, -0.25) is 4.79 Å². The fourth-order valence-corrected chi connectivity index (χ4v) is 5.12. The lowest BCUT2D eigenvalue weighted by atomic mass is 9.94. The van der Waals surface area contributed by atoms with Crippen LogP contribution in [0, 0.1) is 12.8 Å². The topological polar surface area (TPSA) is 118 Å². The summed E-state index contributed by atoms with van der Waals surface area (Å²) >= 11 is 0. The molecule has 1 aliphatic rings. The van der Waals surface area contributed by atoms with E-state index < -0.39 is 23.9 Å². The molecule has 218 valence electrons. The fraction of sp³-hybridized carbons (Fsp3) is 0.357. The molecule has 2 N–H and O–H groups in total. The molecule has 0 bridgehead atoms. The van der Waals surface area contributed by atoms with Gasteiger partial charge >= 0.3 is 12.1 Å². The zero-order valence-corrected chi connectivity index (χ0v) is 22.9. The second-order valence-corrected chi connectivity index (χ2v) is 10.1. The number of alkyl halides is 3. The molecular weight excluding hydrogens is 563 g/mol. The molecule has 1 fully saturated rings. The lowest BCUT2D eigenvalue weighted by Crippen LogP contribution is -2.38. The van der Waals surface area contributed by atoms with Gasteiger partial charge in [0, 0.05) is 25.1 Å². The van der Waals surface area contributed by atoms with E-state index in [9.17, 15) is 23.1 Å². The number of likely N-dealkylation sites (tertiary alicyclic amines) is 1. The Bertz CT molecular complexity index is 1490. The average molecular weight is 592 g/mol. The number of hydrogen-bond acceptors (Lipinski definition) is 7. The summed E-state index contributed by atoms with van der Waals surface area (Å²) in [6, 6.07) is 13.3. The molecule has 2 atom stereocenters. The van der Waals surface area contributed by atoms with Gasteiger partial charge in [-0.2, -0.15) is 23.3 Å². The van der Waals surface area contributed by atoms with Crippen molar-refractivity contribution < 1.29 is 32.7 Å². The molecule has 0 unspecified atom stereocenters. The van der Waals surface area contributed by atoms with Gasteiger partial charge in [-0.25, -0.2) is 4.68 Å². The number of benzene rings is 2. The van der Waals surface area contributed by atoms with Crippen LogP contribution in [-0.2, 0) is 11.0 Å². The van der Waals surface area contributed by atoms with Crippen molar-refractivity contribution in [2.24, 2.45) is 5.92 Å². The number of carboxylic acid groups (broad SMARTS) is 1. The Morgan fingerprint density at radius 2 is 1.95 bits per heavy atom. The van der Waals surface area contributed by atoms with E-state index in [-0.39, 0.29) is 47.7 Å². The number of carboxylic acids is 1. The quantitative estimate of drug-likeness (QED) is 0.274. The molecule has 0 spiro atoms. The summed E-state index contributed by atoms with van der Waals surface area (Å²) in [5.74, 6) is -0.969. The molecule has 41 heavy (non-hydrogen) atoms. The minimum atomic E-state index is -4.73. The van der Waals surface area contributed by atoms with E-state index in [1.54, 1.807) is 49.4 Å². The molecule has 1 aliphatic heterocycles. The Morgan fingerprint density at radius 3 is 2.63 bits per heavy atom. The molecule has 3 heterocycles. The number of rotatable bonds is 8. The zero-order valence-electron chi connectivity index (χ0n) is 22.1. The predicted molar refractivity (Wildman–Crippen MR) is 146 cm³/mol. The summed E-state index contributed by atoms with van der Waals surface area (Å²) in [6.45, 7) is 3.55. The number of halogens is 4. The first-order chi connectivity index (χ1) is 19.1. The third kappa shape index (κ3) is 6.95. The SMILES string of the molecule is Cc1cccc(-n2ncc(-c3nc(-c4ccc([C@H](O)CN5CCC[C@H](CC(=O)O)C5)cc4)no3)c2C(F)(F)F)c1.Cl. The van der Waals surface area contributed by atoms with Crippen LogP contribution in [0.5, 0.6) is 0 Å². The highest BCUT2D eigenvalue weighted by atomic mass is 35.5. The molecule has 0 aliphatic carbocycles. The zero-order chi connectivity index (χ0) is 28.4. The highest BCUT2D eigenvalue weighted by molar-refractivity contribution is 5.85. The first kappa shape index (κ1) is 30.2. The third-order valence-electron chi connectivity index (χ3n) is 6.99. The largest absolute Gasteiger partial charge is 0.481 e.